The molecule has 128 valence electrons. The fourth-order valence-electron chi connectivity index (χ4n) is 2.75. The monoisotopic (exact) mass is 395 g/mol. The molecule has 0 atom stereocenters. The summed E-state index contributed by atoms with van der Waals surface area (Å²) in [6.45, 7) is 3.47. The van der Waals surface area contributed by atoms with Gasteiger partial charge in [0.05, 0.1) is 0 Å². The van der Waals surface area contributed by atoms with Gasteiger partial charge in [0.1, 0.15) is 12.4 Å². The molecule has 0 amide bonds. The third-order valence-corrected chi connectivity index (χ3v) is 4.62. The van der Waals surface area contributed by atoms with Crippen LogP contribution in [-0.2, 0) is 19.6 Å². The predicted octanol–water partition coefficient (Wildman–Crippen LogP) is 6.20. The highest BCUT2D eigenvalue weighted by Crippen LogP contribution is 2.26. The quantitative estimate of drug-likeness (QED) is 0.513. The van der Waals surface area contributed by atoms with Crippen LogP contribution in [0.3, 0.4) is 0 Å². The summed E-state index contributed by atoms with van der Waals surface area (Å²) in [6, 6.07) is 24.8. The molecule has 0 fully saturated rings. The van der Waals surface area contributed by atoms with Gasteiger partial charge < -0.3 is 10.1 Å². The van der Waals surface area contributed by atoms with Gasteiger partial charge in [-0.1, -0.05) is 71.4 Å². The normalized spacial score (nSPS) is 10.5. The molecule has 3 aromatic rings. The summed E-state index contributed by atoms with van der Waals surface area (Å²) in [5.41, 5.74) is 4.81. The molecule has 25 heavy (non-hydrogen) atoms. The van der Waals surface area contributed by atoms with Crippen LogP contribution in [0, 0.1) is 0 Å². The highest BCUT2D eigenvalue weighted by molar-refractivity contribution is 9.10. The first kappa shape index (κ1) is 17.6. The van der Waals surface area contributed by atoms with Crippen LogP contribution in [0.4, 0.5) is 5.69 Å². The lowest BCUT2D eigenvalue weighted by molar-refractivity contribution is 0.303. The highest BCUT2D eigenvalue weighted by atomic mass is 79.9. The smallest absolute Gasteiger partial charge is 0.124 e. The van der Waals surface area contributed by atoms with Gasteiger partial charge in [-0.2, -0.15) is 0 Å². The molecule has 0 unspecified atom stereocenters. The first-order valence-electron chi connectivity index (χ1n) is 8.53. The highest BCUT2D eigenvalue weighted by Gasteiger charge is 2.07. The minimum absolute atomic E-state index is 0.570. The van der Waals surface area contributed by atoms with Gasteiger partial charge in [0.2, 0.25) is 0 Å². The van der Waals surface area contributed by atoms with E-state index in [9.17, 15) is 0 Å². The Morgan fingerprint density at radius 1 is 0.880 bits per heavy atom. The van der Waals surface area contributed by atoms with Crippen LogP contribution in [-0.4, -0.2) is 0 Å². The van der Waals surface area contributed by atoms with Crippen molar-refractivity contribution in [2.75, 3.05) is 5.32 Å². The topological polar surface area (TPSA) is 21.3 Å². The number of hydrogen-bond acceptors (Lipinski definition) is 2. The lowest BCUT2D eigenvalue weighted by Crippen LogP contribution is -2.05. The molecule has 3 aromatic carbocycles. The van der Waals surface area contributed by atoms with E-state index < -0.39 is 0 Å². The summed E-state index contributed by atoms with van der Waals surface area (Å²) in [5, 5.41) is 3.55. The van der Waals surface area contributed by atoms with Crippen molar-refractivity contribution in [1.82, 2.24) is 0 Å². The molecule has 0 saturated heterocycles. The fraction of sp³-hybridized carbons (Fsp3) is 0.182. The maximum absolute atomic E-state index is 6.06. The van der Waals surface area contributed by atoms with E-state index in [1.54, 1.807) is 0 Å². The first-order valence-corrected chi connectivity index (χ1v) is 9.32. The number of halogens is 1. The van der Waals surface area contributed by atoms with Crippen LogP contribution in [0.15, 0.2) is 77.3 Å². The van der Waals surface area contributed by atoms with E-state index in [4.69, 9.17) is 4.74 Å². The van der Waals surface area contributed by atoms with E-state index in [1.807, 2.05) is 30.3 Å². The fourth-order valence-corrected chi connectivity index (χ4v) is 3.16. The number of rotatable bonds is 7. The van der Waals surface area contributed by atoms with E-state index in [0.29, 0.717) is 6.61 Å². The Morgan fingerprint density at radius 2 is 1.64 bits per heavy atom. The van der Waals surface area contributed by atoms with Crippen molar-refractivity contribution in [3.05, 3.63) is 94.0 Å². The molecule has 1 N–H and O–H groups in total. The van der Waals surface area contributed by atoms with Gasteiger partial charge >= 0.3 is 0 Å². The van der Waals surface area contributed by atoms with Gasteiger partial charge in [-0.3, -0.25) is 0 Å². The zero-order valence-electron chi connectivity index (χ0n) is 14.3. The Morgan fingerprint density at radius 3 is 2.44 bits per heavy atom. The van der Waals surface area contributed by atoms with E-state index in [1.165, 1.54) is 16.8 Å². The summed E-state index contributed by atoms with van der Waals surface area (Å²) in [7, 11) is 0. The van der Waals surface area contributed by atoms with Crippen LogP contribution in [0.2, 0.25) is 0 Å². The third kappa shape index (κ3) is 4.86. The predicted molar refractivity (Wildman–Crippen MR) is 108 cm³/mol. The van der Waals surface area contributed by atoms with E-state index in [0.717, 1.165) is 28.8 Å². The second-order valence-electron chi connectivity index (χ2n) is 5.89. The lowest BCUT2D eigenvalue weighted by Gasteiger charge is -2.15. The Bertz CT molecular complexity index is 817. The average Bonchev–Trinajstić information content (AvgIpc) is 2.66. The maximum Gasteiger partial charge on any atom is 0.124 e. The zero-order chi connectivity index (χ0) is 17.5. The number of hydrogen-bond donors (Lipinski definition) is 1. The van der Waals surface area contributed by atoms with Crippen molar-refractivity contribution in [1.29, 1.82) is 0 Å². The van der Waals surface area contributed by atoms with Crippen LogP contribution in [0.5, 0.6) is 5.75 Å². The molecule has 3 rings (SSSR count). The molecule has 0 spiro atoms. The second kappa shape index (κ2) is 8.72. The van der Waals surface area contributed by atoms with Crippen LogP contribution >= 0.6 is 15.9 Å². The van der Waals surface area contributed by atoms with E-state index >= 15 is 0 Å². The molecular weight excluding hydrogens is 374 g/mol. The summed E-state index contributed by atoms with van der Waals surface area (Å²) in [4.78, 5) is 0. The SMILES string of the molecule is CCc1ccccc1NCc1cc(Br)ccc1OCc1ccccc1. The molecular formula is C22H22BrNO. The molecule has 0 heterocycles. The lowest BCUT2D eigenvalue weighted by atomic mass is 10.1. The van der Waals surface area contributed by atoms with Crippen molar-refractivity contribution in [3.8, 4) is 5.75 Å². The summed E-state index contributed by atoms with van der Waals surface area (Å²) < 4.78 is 7.12. The number of benzene rings is 3. The second-order valence-corrected chi connectivity index (χ2v) is 6.81. The average molecular weight is 396 g/mol. The van der Waals surface area contributed by atoms with Crippen molar-refractivity contribution < 1.29 is 4.74 Å². The van der Waals surface area contributed by atoms with Crippen molar-refractivity contribution >= 4 is 21.6 Å². The van der Waals surface area contributed by atoms with Gasteiger partial charge in [0.15, 0.2) is 0 Å². The van der Waals surface area contributed by atoms with Gasteiger partial charge in [0.25, 0.3) is 0 Å². The number of ether oxygens (including phenoxy) is 1. The van der Waals surface area contributed by atoms with Crippen molar-refractivity contribution in [3.63, 3.8) is 0 Å². The number of nitrogens with one attached hydrogen (secondary N) is 1. The van der Waals surface area contributed by atoms with Crippen molar-refractivity contribution in [2.24, 2.45) is 0 Å². The van der Waals surface area contributed by atoms with Gasteiger partial charge in [0, 0.05) is 22.3 Å². The van der Waals surface area contributed by atoms with Crippen LogP contribution in [0.1, 0.15) is 23.6 Å². The van der Waals surface area contributed by atoms with E-state index in [2.05, 4.69) is 70.6 Å². The molecule has 0 aliphatic carbocycles. The van der Waals surface area contributed by atoms with Gasteiger partial charge in [-0.05, 0) is 41.8 Å². The Labute approximate surface area is 158 Å². The molecule has 0 aromatic heterocycles. The Hall–Kier alpha value is -2.26. The molecule has 0 aliphatic heterocycles. The third-order valence-electron chi connectivity index (χ3n) is 4.13. The minimum atomic E-state index is 0.570. The Kier molecular flexibility index (Phi) is 6.13. The molecule has 0 aliphatic rings. The van der Waals surface area contributed by atoms with Gasteiger partial charge in [-0.15, -0.1) is 0 Å². The van der Waals surface area contributed by atoms with E-state index in [-0.39, 0.29) is 0 Å². The standard InChI is InChI=1S/C22H22BrNO/c1-2-18-10-6-7-11-21(18)24-15-19-14-20(23)12-13-22(19)25-16-17-8-4-3-5-9-17/h3-14,24H,2,15-16H2,1H3. The van der Waals surface area contributed by atoms with Crippen LogP contribution < -0.4 is 10.1 Å². The van der Waals surface area contributed by atoms with Gasteiger partial charge in [-0.25, -0.2) is 0 Å². The molecule has 0 bridgehead atoms. The number of anilines is 1. The number of aryl methyl sites for hydroxylation is 1. The summed E-state index contributed by atoms with van der Waals surface area (Å²) in [6.07, 6.45) is 1.01. The minimum Gasteiger partial charge on any atom is -0.489 e. The molecule has 2 nitrogen and oxygen atoms in total. The van der Waals surface area contributed by atoms with Crippen LogP contribution in [0.25, 0.3) is 0 Å². The zero-order valence-corrected chi connectivity index (χ0v) is 15.9. The largest absolute Gasteiger partial charge is 0.489 e. The summed E-state index contributed by atoms with van der Waals surface area (Å²) in [5.74, 6) is 0.911. The molecule has 0 radical (unpaired) electrons. The Balaban J connectivity index is 1.73. The molecule has 3 heteroatoms. The number of para-hydroxylation sites is 1. The molecule has 0 saturated carbocycles. The first-order chi connectivity index (χ1) is 12.3. The maximum atomic E-state index is 6.06. The van der Waals surface area contributed by atoms with Crippen molar-refractivity contribution in [2.45, 2.75) is 26.5 Å². The summed E-state index contributed by atoms with van der Waals surface area (Å²) >= 11 is 3.56.